The number of carbonyl (C=O) groups excluding carboxylic acids is 1. The molecule has 0 bridgehead atoms. The van der Waals surface area contributed by atoms with Crippen molar-refractivity contribution in [1.82, 2.24) is 4.90 Å². The molecule has 0 spiro atoms. The lowest BCUT2D eigenvalue weighted by Crippen LogP contribution is -2.29. The SMILES string of the molecule is NCCC1CCN(C(=O)c2ccc(O)cc2O)C1. The van der Waals surface area contributed by atoms with E-state index in [2.05, 4.69) is 0 Å². The Morgan fingerprint density at radius 3 is 2.89 bits per heavy atom. The molecule has 0 aromatic heterocycles. The Labute approximate surface area is 106 Å². The molecule has 1 amide bonds. The minimum atomic E-state index is -0.188. The average molecular weight is 250 g/mol. The van der Waals surface area contributed by atoms with Crippen molar-refractivity contribution in [2.75, 3.05) is 19.6 Å². The van der Waals surface area contributed by atoms with Gasteiger partial charge in [-0.2, -0.15) is 0 Å². The molecular weight excluding hydrogens is 232 g/mol. The number of likely N-dealkylation sites (tertiary alicyclic amines) is 1. The number of phenolic OH excluding ortho intramolecular Hbond substituents is 2. The minimum Gasteiger partial charge on any atom is -0.508 e. The summed E-state index contributed by atoms with van der Waals surface area (Å²) in [4.78, 5) is 13.9. The van der Waals surface area contributed by atoms with Gasteiger partial charge in [0.05, 0.1) is 5.56 Å². The van der Waals surface area contributed by atoms with Crippen LogP contribution in [0.3, 0.4) is 0 Å². The predicted octanol–water partition coefficient (Wildman–Crippen LogP) is 0.909. The Balaban J connectivity index is 2.08. The number of rotatable bonds is 3. The second-order valence-electron chi connectivity index (χ2n) is 4.68. The lowest BCUT2D eigenvalue weighted by molar-refractivity contribution is 0.0783. The van der Waals surface area contributed by atoms with Crippen LogP contribution in [0.4, 0.5) is 0 Å². The number of benzene rings is 1. The zero-order valence-corrected chi connectivity index (χ0v) is 10.2. The molecule has 18 heavy (non-hydrogen) atoms. The van der Waals surface area contributed by atoms with Crippen LogP contribution in [0.15, 0.2) is 18.2 Å². The smallest absolute Gasteiger partial charge is 0.257 e. The van der Waals surface area contributed by atoms with Crippen molar-refractivity contribution in [2.45, 2.75) is 12.8 Å². The molecule has 0 saturated carbocycles. The van der Waals surface area contributed by atoms with Gasteiger partial charge in [-0.1, -0.05) is 0 Å². The highest BCUT2D eigenvalue weighted by atomic mass is 16.3. The molecule has 1 unspecified atom stereocenters. The van der Waals surface area contributed by atoms with Crippen molar-refractivity contribution in [3.63, 3.8) is 0 Å². The normalized spacial score (nSPS) is 19.2. The van der Waals surface area contributed by atoms with Crippen molar-refractivity contribution in [2.24, 2.45) is 11.7 Å². The van der Waals surface area contributed by atoms with Gasteiger partial charge < -0.3 is 20.8 Å². The molecule has 1 aromatic carbocycles. The molecule has 4 N–H and O–H groups in total. The zero-order chi connectivity index (χ0) is 13.1. The maximum atomic E-state index is 12.2. The Hall–Kier alpha value is -1.75. The van der Waals surface area contributed by atoms with Crippen molar-refractivity contribution in [1.29, 1.82) is 0 Å². The first-order chi connectivity index (χ1) is 8.61. The van der Waals surface area contributed by atoms with Gasteiger partial charge in [0.15, 0.2) is 0 Å². The fourth-order valence-corrected chi connectivity index (χ4v) is 2.36. The van der Waals surface area contributed by atoms with Crippen molar-refractivity contribution in [3.8, 4) is 11.5 Å². The summed E-state index contributed by atoms with van der Waals surface area (Å²) in [6.07, 6.45) is 1.88. The van der Waals surface area contributed by atoms with E-state index >= 15 is 0 Å². The van der Waals surface area contributed by atoms with Gasteiger partial charge in [0.1, 0.15) is 11.5 Å². The molecule has 0 radical (unpaired) electrons. The Bertz CT molecular complexity index is 448. The molecule has 1 atom stereocenters. The van der Waals surface area contributed by atoms with Crippen molar-refractivity contribution < 1.29 is 15.0 Å². The van der Waals surface area contributed by atoms with E-state index < -0.39 is 0 Å². The minimum absolute atomic E-state index is 0.0496. The second kappa shape index (κ2) is 5.27. The Morgan fingerprint density at radius 2 is 2.22 bits per heavy atom. The van der Waals surface area contributed by atoms with Crippen molar-refractivity contribution in [3.05, 3.63) is 23.8 Å². The van der Waals surface area contributed by atoms with Gasteiger partial charge in [0.2, 0.25) is 0 Å². The average Bonchev–Trinajstić information content (AvgIpc) is 2.77. The van der Waals surface area contributed by atoms with Crippen LogP contribution < -0.4 is 5.73 Å². The third-order valence-corrected chi connectivity index (χ3v) is 3.36. The number of aromatic hydroxyl groups is 2. The number of carbonyl (C=O) groups is 1. The predicted molar refractivity (Wildman–Crippen MR) is 67.5 cm³/mol. The van der Waals surface area contributed by atoms with E-state index in [0.717, 1.165) is 12.8 Å². The van der Waals surface area contributed by atoms with E-state index in [1.165, 1.54) is 18.2 Å². The summed E-state index contributed by atoms with van der Waals surface area (Å²) in [6, 6.07) is 4.03. The second-order valence-corrected chi connectivity index (χ2v) is 4.68. The summed E-state index contributed by atoms with van der Waals surface area (Å²) < 4.78 is 0. The standard InChI is InChI=1S/C13H18N2O3/c14-5-3-9-4-6-15(8-9)13(18)11-2-1-10(16)7-12(11)17/h1-2,7,9,16-17H,3-6,8,14H2. The Kier molecular flexibility index (Phi) is 3.72. The van der Waals surface area contributed by atoms with Crippen LogP contribution in [0.25, 0.3) is 0 Å². The third-order valence-electron chi connectivity index (χ3n) is 3.36. The summed E-state index contributed by atoms with van der Waals surface area (Å²) in [7, 11) is 0. The molecule has 5 nitrogen and oxygen atoms in total. The lowest BCUT2D eigenvalue weighted by Gasteiger charge is -2.17. The van der Waals surface area contributed by atoms with Gasteiger partial charge in [-0.15, -0.1) is 0 Å². The van der Waals surface area contributed by atoms with Crippen LogP contribution in [-0.4, -0.2) is 40.7 Å². The van der Waals surface area contributed by atoms with Gasteiger partial charge in [0.25, 0.3) is 5.91 Å². The van der Waals surface area contributed by atoms with Crippen LogP contribution in [-0.2, 0) is 0 Å². The van der Waals surface area contributed by atoms with Crippen LogP contribution in [0, 0.1) is 5.92 Å². The summed E-state index contributed by atoms with van der Waals surface area (Å²) in [5.41, 5.74) is 5.75. The highest BCUT2D eigenvalue weighted by molar-refractivity contribution is 5.97. The summed E-state index contributed by atoms with van der Waals surface area (Å²) in [6.45, 7) is 2.03. The van der Waals surface area contributed by atoms with E-state index in [4.69, 9.17) is 5.73 Å². The number of hydrogen-bond donors (Lipinski definition) is 3. The van der Waals surface area contributed by atoms with Crippen LogP contribution in [0.1, 0.15) is 23.2 Å². The number of hydrogen-bond acceptors (Lipinski definition) is 4. The number of amides is 1. The van der Waals surface area contributed by atoms with Gasteiger partial charge in [0, 0.05) is 19.2 Å². The van der Waals surface area contributed by atoms with E-state index in [0.29, 0.717) is 25.6 Å². The number of phenols is 2. The highest BCUT2D eigenvalue weighted by Gasteiger charge is 2.27. The molecule has 1 aliphatic heterocycles. The van der Waals surface area contributed by atoms with Gasteiger partial charge in [-0.25, -0.2) is 0 Å². The van der Waals surface area contributed by atoms with Crippen LogP contribution >= 0.6 is 0 Å². The van der Waals surface area contributed by atoms with Gasteiger partial charge in [-0.05, 0) is 37.4 Å². The first-order valence-corrected chi connectivity index (χ1v) is 6.13. The molecule has 98 valence electrons. The van der Waals surface area contributed by atoms with E-state index in [1.54, 1.807) is 4.90 Å². The molecule has 1 aromatic rings. The quantitative estimate of drug-likeness (QED) is 0.744. The highest BCUT2D eigenvalue weighted by Crippen LogP contribution is 2.27. The first-order valence-electron chi connectivity index (χ1n) is 6.13. The van der Waals surface area contributed by atoms with E-state index in [9.17, 15) is 15.0 Å². The fourth-order valence-electron chi connectivity index (χ4n) is 2.36. The summed E-state index contributed by atoms with van der Waals surface area (Å²) in [5, 5.41) is 18.9. The number of nitrogens with zero attached hydrogens (tertiary/aromatic N) is 1. The summed E-state index contributed by atoms with van der Waals surface area (Å²) in [5.74, 6) is 0.0407. The maximum Gasteiger partial charge on any atom is 0.257 e. The topological polar surface area (TPSA) is 86.8 Å². The third kappa shape index (κ3) is 2.56. The zero-order valence-electron chi connectivity index (χ0n) is 10.2. The van der Waals surface area contributed by atoms with Crippen LogP contribution in [0.5, 0.6) is 11.5 Å². The molecule has 1 saturated heterocycles. The monoisotopic (exact) mass is 250 g/mol. The number of nitrogens with two attached hydrogens (primary N) is 1. The lowest BCUT2D eigenvalue weighted by atomic mass is 10.1. The fraction of sp³-hybridized carbons (Fsp3) is 0.462. The van der Waals surface area contributed by atoms with E-state index in [-0.39, 0.29) is 23.0 Å². The molecule has 1 fully saturated rings. The molecular formula is C13H18N2O3. The first kappa shape index (κ1) is 12.7. The molecule has 0 aliphatic carbocycles. The molecule has 1 aliphatic rings. The largest absolute Gasteiger partial charge is 0.508 e. The van der Waals surface area contributed by atoms with Gasteiger partial charge in [-0.3, -0.25) is 4.79 Å². The van der Waals surface area contributed by atoms with Crippen molar-refractivity contribution >= 4 is 5.91 Å². The summed E-state index contributed by atoms with van der Waals surface area (Å²) >= 11 is 0. The van der Waals surface area contributed by atoms with Crippen LogP contribution in [0.2, 0.25) is 0 Å². The molecule has 1 heterocycles. The molecule has 5 heteroatoms. The van der Waals surface area contributed by atoms with E-state index in [1.807, 2.05) is 0 Å². The molecule has 2 rings (SSSR count). The van der Waals surface area contributed by atoms with Gasteiger partial charge >= 0.3 is 0 Å². The Morgan fingerprint density at radius 1 is 1.44 bits per heavy atom. The maximum absolute atomic E-state index is 12.2.